The van der Waals surface area contributed by atoms with Crippen LogP contribution in [0.15, 0.2) is 0 Å². The van der Waals surface area contributed by atoms with E-state index in [4.69, 9.17) is 0 Å². The van der Waals surface area contributed by atoms with Crippen LogP contribution in [0.4, 0.5) is 0 Å². The molecule has 1 heterocycles. The van der Waals surface area contributed by atoms with Gasteiger partial charge in [-0.15, -0.1) is 0 Å². The van der Waals surface area contributed by atoms with Crippen molar-refractivity contribution in [2.45, 2.75) is 44.9 Å². The van der Waals surface area contributed by atoms with Crippen molar-refractivity contribution < 1.29 is 9.59 Å². The van der Waals surface area contributed by atoms with Crippen molar-refractivity contribution in [3.63, 3.8) is 0 Å². The molecule has 0 unspecified atom stereocenters. The van der Waals surface area contributed by atoms with Crippen molar-refractivity contribution in [3.05, 3.63) is 0 Å². The fourth-order valence-electron chi connectivity index (χ4n) is 5.79. The number of piperazine rings is 1. The van der Waals surface area contributed by atoms with Crippen LogP contribution in [0.5, 0.6) is 0 Å². The summed E-state index contributed by atoms with van der Waals surface area (Å²) in [7, 11) is 0. The van der Waals surface area contributed by atoms with E-state index in [-0.39, 0.29) is 18.4 Å². The van der Waals surface area contributed by atoms with Gasteiger partial charge < -0.3 is 10.2 Å². The van der Waals surface area contributed by atoms with Crippen LogP contribution in [0.25, 0.3) is 0 Å². The average Bonchev–Trinajstić information content (AvgIpc) is 2.36. The average molecular weight is 276 g/mol. The summed E-state index contributed by atoms with van der Waals surface area (Å²) < 4.78 is 0. The second-order valence-electron chi connectivity index (χ2n) is 7.76. The van der Waals surface area contributed by atoms with Gasteiger partial charge in [-0.05, 0) is 61.7 Å². The lowest BCUT2D eigenvalue weighted by Gasteiger charge is -2.57. The molecule has 20 heavy (non-hydrogen) atoms. The Morgan fingerprint density at radius 3 is 2.30 bits per heavy atom. The number of nitrogens with zero attached hydrogens (tertiary/aromatic N) is 1. The largest absolute Gasteiger partial charge is 0.353 e. The molecule has 110 valence electrons. The molecule has 0 radical (unpaired) electrons. The molecular formula is C16H24N2O2. The molecule has 4 nitrogen and oxygen atoms in total. The summed E-state index contributed by atoms with van der Waals surface area (Å²) >= 11 is 0. The minimum absolute atomic E-state index is 0.00453. The lowest BCUT2D eigenvalue weighted by Crippen LogP contribution is -2.53. The third-order valence-electron chi connectivity index (χ3n) is 6.08. The van der Waals surface area contributed by atoms with Crippen LogP contribution in [-0.4, -0.2) is 36.3 Å². The number of hydrogen-bond donors (Lipinski definition) is 1. The minimum atomic E-state index is -0.00453. The maximum Gasteiger partial charge on any atom is 0.239 e. The van der Waals surface area contributed by atoms with Crippen LogP contribution < -0.4 is 5.32 Å². The quantitative estimate of drug-likeness (QED) is 0.832. The Hall–Kier alpha value is -1.06. The highest BCUT2D eigenvalue weighted by atomic mass is 16.2. The molecule has 4 heteroatoms. The summed E-state index contributed by atoms with van der Waals surface area (Å²) in [4.78, 5) is 25.8. The van der Waals surface area contributed by atoms with Crippen LogP contribution in [0.3, 0.4) is 0 Å². The van der Waals surface area contributed by atoms with Gasteiger partial charge in [0.1, 0.15) is 0 Å². The molecule has 0 aromatic carbocycles. The van der Waals surface area contributed by atoms with Crippen molar-refractivity contribution in [1.82, 2.24) is 10.2 Å². The fourth-order valence-corrected chi connectivity index (χ4v) is 5.79. The van der Waals surface area contributed by atoms with Gasteiger partial charge in [0.05, 0.1) is 6.54 Å². The summed E-state index contributed by atoms with van der Waals surface area (Å²) in [6.07, 6.45) is 8.75. The van der Waals surface area contributed by atoms with E-state index in [1.807, 2.05) is 0 Å². The van der Waals surface area contributed by atoms with E-state index >= 15 is 0 Å². The molecule has 1 saturated heterocycles. The molecule has 5 aliphatic rings. The first-order valence-corrected chi connectivity index (χ1v) is 8.16. The third kappa shape index (κ3) is 2.13. The van der Waals surface area contributed by atoms with Gasteiger partial charge in [-0.1, -0.05) is 0 Å². The molecule has 0 atom stereocenters. The number of carbonyl (C=O) groups is 2. The molecule has 4 bridgehead atoms. The van der Waals surface area contributed by atoms with Gasteiger partial charge in [0.2, 0.25) is 11.8 Å². The Bertz CT molecular complexity index is 410. The predicted octanol–water partition coefficient (Wildman–Crippen LogP) is 1.55. The molecule has 4 aliphatic carbocycles. The number of hydrogen-bond acceptors (Lipinski definition) is 2. The highest BCUT2D eigenvalue weighted by Crippen LogP contribution is 2.61. The molecule has 4 saturated carbocycles. The number of carbonyl (C=O) groups excluding carboxylic acids is 2. The second-order valence-corrected chi connectivity index (χ2v) is 7.76. The van der Waals surface area contributed by atoms with Gasteiger partial charge in [-0.25, -0.2) is 0 Å². The van der Waals surface area contributed by atoms with E-state index in [2.05, 4.69) is 5.32 Å². The highest BCUT2D eigenvalue weighted by Gasteiger charge is 2.51. The lowest BCUT2D eigenvalue weighted by atomic mass is 9.49. The summed E-state index contributed by atoms with van der Waals surface area (Å²) in [5, 5.41) is 2.79. The molecule has 0 aromatic rings. The van der Waals surface area contributed by atoms with E-state index in [9.17, 15) is 9.59 Å². The lowest BCUT2D eigenvalue weighted by molar-refractivity contribution is -0.144. The third-order valence-corrected chi connectivity index (χ3v) is 6.08. The topological polar surface area (TPSA) is 49.4 Å². The molecular weight excluding hydrogens is 252 g/mol. The normalized spacial score (nSPS) is 42.7. The first-order valence-electron chi connectivity index (χ1n) is 8.16. The van der Waals surface area contributed by atoms with E-state index in [0.717, 1.165) is 17.8 Å². The first-order chi connectivity index (χ1) is 9.62. The standard InChI is InChI=1S/C16H24N2O2/c19-14-10-18(2-1-17-14)15(20)9-16-6-11-3-12(7-16)5-13(4-11)8-16/h11-13H,1-10H2,(H,17,19). The Morgan fingerprint density at radius 2 is 1.75 bits per heavy atom. The number of nitrogens with one attached hydrogen (secondary N) is 1. The molecule has 0 aromatic heterocycles. The van der Waals surface area contributed by atoms with E-state index in [1.165, 1.54) is 38.5 Å². The highest BCUT2D eigenvalue weighted by molar-refractivity contribution is 5.86. The molecule has 1 aliphatic heterocycles. The number of amides is 2. The minimum Gasteiger partial charge on any atom is -0.353 e. The molecule has 5 fully saturated rings. The van der Waals surface area contributed by atoms with Gasteiger partial charge in [-0.3, -0.25) is 9.59 Å². The summed E-state index contributed by atoms with van der Waals surface area (Å²) in [6.45, 7) is 1.58. The predicted molar refractivity (Wildman–Crippen MR) is 74.8 cm³/mol. The van der Waals surface area contributed by atoms with E-state index in [1.54, 1.807) is 4.90 Å². The maximum absolute atomic E-state index is 12.6. The van der Waals surface area contributed by atoms with Crippen LogP contribution >= 0.6 is 0 Å². The Labute approximate surface area is 120 Å². The fraction of sp³-hybridized carbons (Fsp3) is 0.875. The van der Waals surface area contributed by atoms with Gasteiger partial charge in [0.15, 0.2) is 0 Å². The monoisotopic (exact) mass is 276 g/mol. The van der Waals surface area contributed by atoms with Crippen LogP contribution in [0, 0.1) is 23.2 Å². The molecule has 5 rings (SSSR count). The molecule has 0 spiro atoms. The molecule has 1 N–H and O–H groups in total. The van der Waals surface area contributed by atoms with Gasteiger partial charge in [0, 0.05) is 19.5 Å². The molecule has 2 amide bonds. The van der Waals surface area contributed by atoms with Crippen LogP contribution in [0.1, 0.15) is 44.9 Å². The van der Waals surface area contributed by atoms with Crippen molar-refractivity contribution in [1.29, 1.82) is 0 Å². The second kappa shape index (κ2) is 4.47. The zero-order valence-corrected chi connectivity index (χ0v) is 12.1. The maximum atomic E-state index is 12.6. The SMILES string of the molecule is O=C1CN(C(=O)CC23CC4CC(CC(C4)C2)C3)CCN1. The number of rotatable bonds is 2. The Kier molecular flexibility index (Phi) is 2.83. The van der Waals surface area contributed by atoms with Crippen molar-refractivity contribution in [2.75, 3.05) is 19.6 Å². The van der Waals surface area contributed by atoms with Gasteiger partial charge in [-0.2, -0.15) is 0 Å². The van der Waals surface area contributed by atoms with Crippen molar-refractivity contribution in [3.8, 4) is 0 Å². The van der Waals surface area contributed by atoms with Crippen molar-refractivity contribution in [2.24, 2.45) is 23.2 Å². The summed E-state index contributed by atoms with van der Waals surface area (Å²) in [5.41, 5.74) is 0.291. The van der Waals surface area contributed by atoms with E-state index < -0.39 is 0 Å². The van der Waals surface area contributed by atoms with E-state index in [0.29, 0.717) is 24.9 Å². The first kappa shape index (κ1) is 12.7. The Morgan fingerprint density at radius 1 is 1.15 bits per heavy atom. The van der Waals surface area contributed by atoms with Crippen molar-refractivity contribution >= 4 is 11.8 Å². The van der Waals surface area contributed by atoms with Crippen LogP contribution in [0.2, 0.25) is 0 Å². The van der Waals surface area contributed by atoms with Crippen LogP contribution in [-0.2, 0) is 9.59 Å². The summed E-state index contributed by atoms with van der Waals surface area (Å²) in [6, 6.07) is 0. The smallest absolute Gasteiger partial charge is 0.239 e. The zero-order valence-electron chi connectivity index (χ0n) is 12.1. The van der Waals surface area contributed by atoms with Gasteiger partial charge >= 0.3 is 0 Å². The van der Waals surface area contributed by atoms with Gasteiger partial charge in [0.25, 0.3) is 0 Å². The summed E-state index contributed by atoms with van der Waals surface area (Å²) in [5.74, 6) is 2.88. The Balaban J connectivity index is 1.45. The zero-order chi connectivity index (χ0) is 13.7.